The highest BCUT2D eigenvalue weighted by Crippen LogP contribution is 2.24. The molecule has 1 amide bonds. The van der Waals surface area contributed by atoms with Gasteiger partial charge in [-0.3, -0.25) is 4.79 Å². The molecule has 0 atom stereocenters. The van der Waals surface area contributed by atoms with Gasteiger partial charge in [0.25, 0.3) is 0 Å². The van der Waals surface area contributed by atoms with E-state index in [1.165, 1.54) is 0 Å². The Balaban J connectivity index is 1.81. The summed E-state index contributed by atoms with van der Waals surface area (Å²) < 4.78 is 14.4. The number of carbonyl (C=O) groups excluding carboxylic acids is 1. The number of halogens is 1. The van der Waals surface area contributed by atoms with Crippen LogP contribution in [0, 0.1) is 5.82 Å². The number of fused-ring (bicyclic) bond motifs is 1. The first-order chi connectivity index (χ1) is 11.2. The van der Waals surface area contributed by atoms with Gasteiger partial charge in [-0.15, -0.1) is 0 Å². The lowest BCUT2D eigenvalue weighted by Crippen LogP contribution is -2.26. The van der Waals surface area contributed by atoms with Gasteiger partial charge >= 0.3 is 0 Å². The summed E-state index contributed by atoms with van der Waals surface area (Å²) in [7, 11) is 0. The van der Waals surface area contributed by atoms with Crippen molar-refractivity contribution in [2.45, 2.75) is 26.8 Å². The minimum absolute atomic E-state index is 0.137. The Hall–Kier alpha value is -1.11. The van der Waals surface area contributed by atoms with Gasteiger partial charge in [0.05, 0.1) is 11.4 Å². The largest absolute Gasteiger partial charge is 0.323 e. The van der Waals surface area contributed by atoms with Crippen LogP contribution in [0.2, 0.25) is 0 Å². The second-order valence-corrected chi connectivity index (χ2v) is 6.72. The van der Waals surface area contributed by atoms with E-state index in [1.807, 2.05) is 6.07 Å². The van der Waals surface area contributed by atoms with Crippen molar-refractivity contribution in [3.63, 3.8) is 0 Å². The smallest absolute Gasteiger partial charge is 0.234 e. The minimum atomic E-state index is -0.273. The third-order valence-electron chi connectivity index (χ3n) is 4.16. The molecule has 1 aromatic carbocycles. The molecule has 0 spiro atoms. The monoisotopic (exact) mass is 339 g/mol. The van der Waals surface area contributed by atoms with Crippen molar-refractivity contribution in [3.8, 4) is 0 Å². The predicted molar refractivity (Wildman–Crippen MR) is 95.6 cm³/mol. The molecule has 4 nitrogen and oxygen atoms in total. The molecule has 1 heterocycles. The number of carbonyl (C=O) groups is 1. The van der Waals surface area contributed by atoms with Crippen molar-refractivity contribution < 1.29 is 9.18 Å². The first-order valence-corrected chi connectivity index (χ1v) is 9.42. The molecule has 2 rings (SSSR count). The lowest BCUT2D eigenvalue weighted by Gasteiger charge is -2.19. The first kappa shape index (κ1) is 18.2. The normalized spacial score (nSPS) is 13.9. The molecule has 0 radical (unpaired) electrons. The molecule has 0 bridgehead atoms. The molecular weight excluding hydrogens is 313 g/mol. The number of amides is 1. The molecule has 0 fully saturated rings. The van der Waals surface area contributed by atoms with E-state index in [4.69, 9.17) is 0 Å². The van der Waals surface area contributed by atoms with Crippen LogP contribution >= 0.6 is 11.8 Å². The highest BCUT2D eigenvalue weighted by molar-refractivity contribution is 7.99. The van der Waals surface area contributed by atoms with E-state index in [2.05, 4.69) is 29.4 Å². The third kappa shape index (κ3) is 5.19. The zero-order valence-electron chi connectivity index (χ0n) is 14.0. The summed E-state index contributed by atoms with van der Waals surface area (Å²) in [5, 5.41) is 5.93. The van der Waals surface area contributed by atoms with Crippen LogP contribution in [0.4, 0.5) is 10.1 Å². The molecule has 2 N–H and O–H groups in total. The van der Waals surface area contributed by atoms with Gasteiger partial charge in [0.2, 0.25) is 5.91 Å². The van der Waals surface area contributed by atoms with E-state index in [9.17, 15) is 9.18 Å². The van der Waals surface area contributed by atoms with Crippen molar-refractivity contribution in [3.05, 3.63) is 29.1 Å². The Morgan fingerprint density at radius 1 is 1.39 bits per heavy atom. The molecule has 0 saturated heterocycles. The lowest BCUT2D eigenvalue weighted by molar-refractivity contribution is -0.113. The van der Waals surface area contributed by atoms with Crippen LogP contribution in [0.15, 0.2) is 12.1 Å². The molecule has 0 unspecified atom stereocenters. The van der Waals surface area contributed by atoms with Gasteiger partial charge in [0, 0.05) is 18.8 Å². The highest BCUT2D eigenvalue weighted by Gasteiger charge is 2.17. The number of rotatable bonds is 8. The summed E-state index contributed by atoms with van der Waals surface area (Å²) in [6.07, 6.45) is 0.670. The molecular formula is C17H26FN3OS. The van der Waals surface area contributed by atoms with Crippen molar-refractivity contribution in [1.29, 1.82) is 0 Å². The van der Waals surface area contributed by atoms with E-state index >= 15 is 0 Å². The molecule has 0 aliphatic carbocycles. The predicted octanol–water partition coefficient (Wildman–Crippen LogP) is 2.48. The number of anilines is 1. The van der Waals surface area contributed by atoms with Gasteiger partial charge in [-0.05, 0) is 43.2 Å². The zero-order chi connectivity index (χ0) is 16.7. The van der Waals surface area contributed by atoms with Gasteiger partial charge in [0.15, 0.2) is 0 Å². The Morgan fingerprint density at radius 2 is 2.17 bits per heavy atom. The molecule has 0 aromatic heterocycles. The molecule has 6 heteroatoms. The lowest BCUT2D eigenvalue weighted by atomic mass is 9.99. The summed E-state index contributed by atoms with van der Waals surface area (Å²) in [4.78, 5) is 14.3. The summed E-state index contributed by atoms with van der Waals surface area (Å²) in [6.45, 7) is 8.77. The minimum Gasteiger partial charge on any atom is -0.323 e. The molecule has 1 aliphatic heterocycles. The van der Waals surface area contributed by atoms with E-state index < -0.39 is 0 Å². The third-order valence-corrected chi connectivity index (χ3v) is 5.10. The topological polar surface area (TPSA) is 44.4 Å². The second kappa shape index (κ2) is 9.25. The standard InChI is InChI=1S/C17H26FN3OS/c1-3-21(4-2)9-10-23-12-16(22)20-15-6-5-13-11-19-8-7-14(13)17(15)18/h5-6,19H,3-4,7-12H2,1-2H3,(H,20,22). The number of hydrogen-bond acceptors (Lipinski definition) is 4. The van der Waals surface area contributed by atoms with Gasteiger partial charge in [-0.25, -0.2) is 4.39 Å². The van der Waals surface area contributed by atoms with Crippen molar-refractivity contribution in [1.82, 2.24) is 10.2 Å². The maximum absolute atomic E-state index is 14.4. The SMILES string of the molecule is CCN(CC)CCSCC(=O)Nc1ccc2c(c1F)CCNC2. The molecule has 1 aromatic rings. The van der Waals surface area contributed by atoms with Gasteiger partial charge in [-0.2, -0.15) is 11.8 Å². The Kier molecular flexibility index (Phi) is 7.33. The number of hydrogen-bond donors (Lipinski definition) is 2. The van der Waals surface area contributed by atoms with Crippen molar-refractivity contribution in [2.75, 3.05) is 43.0 Å². The average Bonchev–Trinajstić information content (AvgIpc) is 2.58. The average molecular weight is 339 g/mol. The summed E-state index contributed by atoms with van der Waals surface area (Å²) >= 11 is 1.59. The molecule has 0 saturated carbocycles. The summed E-state index contributed by atoms with van der Waals surface area (Å²) in [6, 6.07) is 3.56. The second-order valence-electron chi connectivity index (χ2n) is 5.62. The van der Waals surface area contributed by atoms with Gasteiger partial charge in [-0.1, -0.05) is 19.9 Å². The maximum atomic E-state index is 14.4. The van der Waals surface area contributed by atoms with Crippen LogP contribution in [0.1, 0.15) is 25.0 Å². The molecule has 1 aliphatic rings. The number of nitrogens with one attached hydrogen (secondary N) is 2. The van der Waals surface area contributed by atoms with Crippen LogP contribution in [0.3, 0.4) is 0 Å². The van der Waals surface area contributed by atoms with Crippen molar-refractivity contribution in [2.24, 2.45) is 0 Å². The van der Waals surface area contributed by atoms with E-state index in [1.54, 1.807) is 17.8 Å². The van der Waals surface area contributed by atoms with E-state index in [0.717, 1.165) is 43.1 Å². The van der Waals surface area contributed by atoms with Crippen LogP contribution in [0.5, 0.6) is 0 Å². The quantitative estimate of drug-likeness (QED) is 0.714. The Bertz CT molecular complexity index is 535. The Labute approximate surface area is 142 Å². The van der Waals surface area contributed by atoms with Crippen LogP contribution in [0.25, 0.3) is 0 Å². The zero-order valence-corrected chi connectivity index (χ0v) is 14.8. The van der Waals surface area contributed by atoms with E-state index in [-0.39, 0.29) is 11.7 Å². The maximum Gasteiger partial charge on any atom is 0.234 e. The number of nitrogens with zero attached hydrogens (tertiary/aromatic N) is 1. The fourth-order valence-electron chi connectivity index (χ4n) is 2.71. The van der Waals surface area contributed by atoms with Crippen LogP contribution < -0.4 is 10.6 Å². The highest BCUT2D eigenvalue weighted by atomic mass is 32.2. The number of thioether (sulfide) groups is 1. The van der Waals surface area contributed by atoms with E-state index in [0.29, 0.717) is 24.4 Å². The summed E-state index contributed by atoms with van der Waals surface area (Å²) in [5.41, 5.74) is 2.02. The van der Waals surface area contributed by atoms with Crippen LogP contribution in [-0.4, -0.2) is 48.5 Å². The first-order valence-electron chi connectivity index (χ1n) is 8.26. The van der Waals surface area contributed by atoms with Crippen LogP contribution in [-0.2, 0) is 17.8 Å². The Morgan fingerprint density at radius 3 is 2.91 bits per heavy atom. The summed E-state index contributed by atoms with van der Waals surface area (Å²) in [5.74, 6) is 0.861. The van der Waals surface area contributed by atoms with Crippen molar-refractivity contribution >= 4 is 23.4 Å². The fraction of sp³-hybridized carbons (Fsp3) is 0.588. The molecule has 128 valence electrons. The number of benzene rings is 1. The van der Waals surface area contributed by atoms with Gasteiger partial charge in [0.1, 0.15) is 5.82 Å². The van der Waals surface area contributed by atoms with Gasteiger partial charge < -0.3 is 15.5 Å². The fourth-order valence-corrected chi connectivity index (χ4v) is 3.50. The molecule has 23 heavy (non-hydrogen) atoms.